The lowest BCUT2D eigenvalue weighted by molar-refractivity contribution is -0.202. The maximum absolute atomic E-state index is 11.9. The summed E-state index contributed by atoms with van der Waals surface area (Å²) in [6, 6.07) is 0. The Morgan fingerprint density at radius 3 is 2.05 bits per heavy atom. The molecule has 0 aliphatic carbocycles. The lowest BCUT2D eigenvalue weighted by Crippen LogP contribution is -2.46. The molecule has 0 N–H and O–H groups in total. The van der Waals surface area contributed by atoms with Crippen molar-refractivity contribution in [2.75, 3.05) is 0 Å². The highest BCUT2D eigenvalue weighted by molar-refractivity contribution is 6.74. The average molecular weight is 301 g/mol. The second-order valence-corrected chi connectivity index (χ2v) is 11.3. The summed E-state index contributed by atoms with van der Waals surface area (Å²) in [5.41, 5.74) is 0. The van der Waals surface area contributed by atoms with Gasteiger partial charge in [0.25, 0.3) is 11.8 Å². The Kier molecular flexibility index (Phi) is 4.76. The quantitative estimate of drug-likeness (QED) is 0.586. The fraction of sp³-hybridized carbons (Fsp3) is 0.769. The molecule has 7 heteroatoms. The smallest absolute Gasteiger partial charge is 0.360 e. The molecular formula is C13H23NO5Si. The number of carbonyl (C=O) groups excluding carboxylic acids is 3. The van der Waals surface area contributed by atoms with Crippen molar-refractivity contribution in [2.45, 2.75) is 64.8 Å². The predicted octanol–water partition coefficient (Wildman–Crippen LogP) is 2.00. The van der Waals surface area contributed by atoms with Gasteiger partial charge in [-0.15, -0.1) is 5.06 Å². The van der Waals surface area contributed by atoms with E-state index in [1.54, 1.807) is 6.92 Å². The number of nitrogens with zero attached hydrogens (tertiary/aromatic N) is 1. The van der Waals surface area contributed by atoms with Gasteiger partial charge in [0.1, 0.15) is 6.10 Å². The fourth-order valence-electron chi connectivity index (χ4n) is 1.49. The molecule has 1 rings (SSSR count). The van der Waals surface area contributed by atoms with Crippen LogP contribution < -0.4 is 0 Å². The maximum Gasteiger partial charge on any atom is 0.360 e. The zero-order valence-corrected chi connectivity index (χ0v) is 14.0. The third kappa shape index (κ3) is 3.66. The number of amides is 2. The van der Waals surface area contributed by atoms with Crippen molar-refractivity contribution >= 4 is 26.1 Å². The van der Waals surface area contributed by atoms with Crippen molar-refractivity contribution in [3.8, 4) is 0 Å². The molecule has 1 atom stereocenters. The molecule has 1 aliphatic heterocycles. The molecule has 6 nitrogen and oxygen atoms in total. The molecule has 0 aromatic carbocycles. The van der Waals surface area contributed by atoms with Crippen LogP contribution in [0.25, 0.3) is 0 Å². The molecule has 1 unspecified atom stereocenters. The molecule has 20 heavy (non-hydrogen) atoms. The first-order chi connectivity index (χ1) is 8.95. The Hall–Kier alpha value is -1.21. The standard InChI is InChI=1S/C13H23NO5Si/c1-9(19-20(5,6)13(2,3)4)12(17)18-14-10(15)7-8-11(14)16/h9H,7-8H2,1-6H3. The number of carbonyl (C=O) groups is 3. The normalized spacial score (nSPS) is 18.4. The Bertz CT molecular complexity index is 411. The van der Waals surface area contributed by atoms with E-state index < -0.39 is 32.2 Å². The average Bonchev–Trinajstić information content (AvgIpc) is 2.58. The molecule has 0 spiro atoms. The molecule has 1 aliphatic rings. The van der Waals surface area contributed by atoms with Crippen LogP contribution in [0, 0.1) is 0 Å². The van der Waals surface area contributed by atoms with Gasteiger partial charge in [0, 0.05) is 12.8 Å². The summed E-state index contributed by atoms with van der Waals surface area (Å²) >= 11 is 0. The molecule has 0 aromatic heterocycles. The predicted molar refractivity (Wildman–Crippen MR) is 74.9 cm³/mol. The molecule has 2 amide bonds. The largest absolute Gasteiger partial charge is 0.404 e. The van der Waals surface area contributed by atoms with E-state index in [0.717, 1.165) is 0 Å². The van der Waals surface area contributed by atoms with Crippen molar-refractivity contribution in [3.05, 3.63) is 0 Å². The number of rotatable bonds is 4. The second kappa shape index (κ2) is 5.65. The van der Waals surface area contributed by atoms with Crippen LogP contribution in [0.2, 0.25) is 18.1 Å². The van der Waals surface area contributed by atoms with Gasteiger partial charge in [0.15, 0.2) is 8.32 Å². The molecule has 1 saturated heterocycles. The highest BCUT2D eigenvalue weighted by atomic mass is 28.4. The van der Waals surface area contributed by atoms with E-state index in [4.69, 9.17) is 9.26 Å². The fourth-order valence-corrected chi connectivity index (χ4v) is 2.82. The second-order valence-electron chi connectivity index (χ2n) is 6.51. The number of hydrogen-bond acceptors (Lipinski definition) is 5. The third-order valence-corrected chi connectivity index (χ3v) is 8.35. The van der Waals surface area contributed by atoms with E-state index in [0.29, 0.717) is 5.06 Å². The Labute approximate surface area is 120 Å². The minimum atomic E-state index is -2.11. The minimum absolute atomic E-state index is 0.0409. The van der Waals surface area contributed by atoms with E-state index in [9.17, 15) is 14.4 Å². The van der Waals surface area contributed by atoms with Crippen molar-refractivity contribution in [1.29, 1.82) is 0 Å². The number of imide groups is 1. The summed E-state index contributed by atoms with van der Waals surface area (Å²) < 4.78 is 5.86. The van der Waals surface area contributed by atoms with Gasteiger partial charge >= 0.3 is 5.97 Å². The van der Waals surface area contributed by atoms with Gasteiger partial charge in [-0.25, -0.2) is 4.79 Å². The molecule has 0 radical (unpaired) electrons. The lowest BCUT2D eigenvalue weighted by Gasteiger charge is -2.37. The van der Waals surface area contributed by atoms with Gasteiger partial charge in [-0.2, -0.15) is 0 Å². The molecule has 0 aromatic rings. The molecule has 1 heterocycles. The van der Waals surface area contributed by atoms with Gasteiger partial charge in [-0.05, 0) is 25.1 Å². The van der Waals surface area contributed by atoms with Gasteiger partial charge in [-0.3, -0.25) is 9.59 Å². The summed E-state index contributed by atoms with van der Waals surface area (Å²) in [5.74, 6) is -1.68. The monoisotopic (exact) mass is 301 g/mol. The Morgan fingerprint density at radius 2 is 1.65 bits per heavy atom. The Balaban J connectivity index is 2.64. The zero-order chi connectivity index (χ0) is 15.7. The first kappa shape index (κ1) is 16.8. The van der Waals surface area contributed by atoms with Crippen molar-refractivity contribution in [3.63, 3.8) is 0 Å². The zero-order valence-electron chi connectivity index (χ0n) is 13.0. The lowest BCUT2D eigenvalue weighted by atomic mass is 10.2. The van der Waals surface area contributed by atoms with Gasteiger partial charge in [0.2, 0.25) is 0 Å². The van der Waals surface area contributed by atoms with E-state index in [1.807, 2.05) is 13.1 Å². The van der Waals surface area contributed by atoms with Gasteiger partial charge in [-0.1, -0.05) is 20.8 Å². The Morgan fingerprint density at radius 1 is 1.20 bits per heavy atom. The first-order valence-electron chi connectivity index (χ1n) is 6.71. The van der Waals surface area contributed by atoms with E-state index in [-0.39, 0.29) is 17.9 Å². The summed E-state index contributed by atoms with van der Waals surface area (Å²) in [7, 11) is -2.11. The SMILES string of the molecule is CC(O[Si](C)(C)C(C)(C)C)C(=O)ON1C(=O)CCC1=O. The highest BCUT2D eigenvalue weighted by Crippen LogP contribution is 2.37. The van der Waals surface area contributed by atoms with Crippen molar-refractivity contribution in [2.24, 2.45) is 0 Å². The van der Waals surface area contributed by atoms with Crippen LogP contribution in [-0.4, -0.2) is 37.3 Å². The molecule has 0 saturated carbocycles. The van der Waals surface area contributed by atoms with E-state index in [1.165, 1.54) is 0 Å². The summed E-state index contributed by atoms with van der Waals surface area (Å²) in [6.07, 6.45) is -0.634. The van der Waals surface area contributed by atoms with Gasteiger partial charge < -0.3 is 9.26 Å². The van der Waals surface area contributed by atoms with Gasteiger partial charge in [0.05, 0.1) is 0 Å². The molecule has 1 fully saturated rings. The van der Waals surface area contributed by atoms with E-state index >= 15 is 0 Å². The molecule has 114 valence electrons. The minimum Gasteiger partial charge on any atom is -0.404 e. The summed E-state index contributed by atoms with van der Waals surface area (Å²) in [4.78, 5) is 39.5. The maximum atomic E-state index is 11.9. The molecule has 0 bridgehead atoms. The van der Waals surface area contributed by atoms with Crippen LogP contribution >= 0.6 is 0 Å². The van der Waals surface area contributed by atoms with Crippen LogP contribution in [0.15, 0.2) is 0 Å². The summed E-state index contributed by atoms with van der Waals surface area (Å²) in [6.45, 7) is 11.8. The van der Waals surface area contributed by atoms with Crippen molar-refractivity contribution in [1.82, 2.24) is 5.06 Å². The van der Waals surface area contributed by atoms with Crippen LogP contribution in [-0.2, 0) is 23.6 Å². The van der Waals surface area contributed by atoms with Crippen LogP contribution in [0.3, 0.4) is 0 Å². The summed E-state index contributed by atoms with van der Waals surface area (Å²) in [5, 5.41) is 0.509. The van der Waals surface area contributed by atoms with Crippen LogP contribution in [0.4, 0.5) is 0 Å². The molecular weight excluding hydrogens is 278 g/mol. The van der Waals surface area contributed by atoms with Crippen molar-refractivity contribution < 1.29 is 23.6 Å². The number of hydroxylamine groups is 2. The number of hydrogen-bond donors (Lipinski definition) is 0. The van der Waals surface area contributed by atoms with E-state index in [2.05, 4.69) is 20.8 Å². The third-order valence-electron chi connectivity index (χ3n) is 3.80. The topological polar surface area (TPSA) is 72.9 Å². The first-order valence-corrected chi connectivity index (χ1v) is 9.62. The van der Waals surface area contributed by atoms with Crippen LogP contribution in [0.1, 0.15) is 40.5 Å². The highest BCUT2D eigenvalue weighted by Gasteiger charge is 2.41. The van der Waals surface area contributed by atoms with Crippen LogP contribution in [0.5, 0.6) is 0 Å².